The Morgan fingerprint density at radius 2 is 1.57 bits per heavy atom. The molecule has 1 aliphatic heterocycles. The molecule has 11 heteroatoms. The molecule has 1 aliphatic rings. The summed E-state index contributed by atoms with van der Waals surface area (Å²) in [6.07, 6.45) is 1.11. The van der Waals surface area contributed by atoms with Crippen LogP contribution in [0.1, 0.15) is 39.6 Å². The van der Waals surface area contributed by atoms with Crippen LogP contribution in [0.15, 0.2) is 72.8 Å². The number of nitrogens with one attached hydrogen (secondary N) is 2. The summed E-state index contributed by atoms with van der Waals surface area (Å²) in [4.78, 5) is 30.6. The molecule has 0 bridgehead atoms. The number of nitrogens with zero attached hydrogens (tertiary/aromatic N) is 1. The minimum atomic E-state index is -4.25. The number of nitrogens with two attached hydrogens (primary N) is 2. The molecule has 0 aliphatic carbocycles. The highest BCUT2D eigenvalue weighted by Gasteiger charge is 2.42. The highest BCUT2D eigenvalue weighted by atomic mass is 32.2. The molecule has 2 unspecified atom stereocenters. The summed E-state index contributed by atoms with van der Waals surface area (Å²) in [7, 11) is -4.25. The van der Waals surface area contributed by atoms with E-state index in [0.717, 1.165) is 20.9 Å². The Morgan fingerprint density at radius 3 is 2.11 bits per heavy atom. The lowest BCUT2D eigenvalue weighted by Gasteiger charge is -2.33. The van der Waals surface area contributed by atoms with E-state index in [2.05, 4.69) is 10.0 Å². The van der Waals surface area contributed by atoms with Crippen LogP contribution in [0.2, 0.25) is 0 Å². The summed E-state index contributed by atoms with van der Waals surface area (Å²) in [5.41, 5.74) is 7.17. The van der Waals surface area contributed by atoms with Crippen LogP contribution in [0, 0.1) is 0 Å². The second-order valence-corrected chi connectivity index (χ2v) is 11.5. The first-order chi connectivity index (χ1) is 17.8. The predicted octanol–water partition coefficient (Wildman–Crippen LogP) is 1.81. The number of rotatable bonds is 10. The maximum atomic E-state index is 14.0. The third-order valence-electron chi connectivity index (χ3n) is 6.40. The molecule has 1 aromatic heterocycles. The summed E-state index contributed by atoms with van der Waals surface area (Å²) in [5.74, 6) is -1.43. The molecule has 0 spiro atoms. The van der Waals surface area contributed by atoms with Gasteiger partial charge in [0, 0.05) is 28.8 Å². The van der Waals surface area contributed by atoms with Gasteiger partial charge in [-0.2, -0.15) is 13.1 Å². The molecule has 1 saturated heterocycles. The zero-order valence-corrected chi connectivity index (χ0v) is 21.9. The summed E-state index contributed by atoms with van der Waals surface area (Å²) in [5, 5.41) is 8.31. The molecule has 6 N–H and O–H groups in total. The molecule has 2 heterocycles. The van der Waals surface area contributed by atoms with Crippen LogP contribution in [0.3, 0.4) is 0 Å². The largest absolute Gasteiger partial charge is 0.349 e. The van der Waals surface area contributed by atoms with Crippen molar-refractivity contribution in [3.05, 3.63) is 93.7 Å². The van der Waals surface area contributed by atoms with E-state index in [9.17, 15) is 18.0 Å². The number of carbonyl (C=O) groups is 2. The lowest BCUT2D eigenvalue weighted by atomic mass is 9.84. The molecule has 3 aromatic rings. The maximum Gasteiger partial charge on any atom is 0.275 e. The molecule has 37 heavy (non-hydrogen) atoms. The second-order valence-electron chi connectivity index (χ2n) is 8.92. The zero-order valence-electron chi connectivity index (χ0n) is 20.2. The highest BCUT2D eigenvalue weighted by molar-refractivity contribution is 7.87. The van der Waals surface area contributed by atoms with Gasteiger partial charge in [-0.05, 0) is 36.1 Å². The van der Waals surface area contributed by atoms with E-state index in [0.29, 0.717) is 32.5 Å². The van der Waals surface area contributed by atoms with Gasteiger partial charge in [-0.1, -0.05) is 60.7 Å². The van der Waals surface area contributed by atoms with Crippen LogP contribution < -0.4 is 20.9 Å². The lowest BCUT2D eigenvalue weighted by molar-refractivity contribution is -0.140. The summed E-state index contributed by atoms with van der Waals surface area (Å²) >= 11 is 1.52. The molecule has 2 aromatic carbocycles. The van der Waals surface area contributed by atoms with E-state index in [1.165, 1.54) is 16.2 Å². The molecule has 2 atom stereocenters. The summed E-state index contributed by atoms with van der Waals surface area (Å²) in [6, 6.07) is 20.3. The van der Waals surface area contributed by atoms with Crippen molar-refractivity contribution in [1.29, 1.82) is 0 Å². The van der Waals surface area contributed by atoms with Crippen molar-refractivity contribution in [3.63, 3.8) is 0 Å². The van der Waals surface area contributed by atoms with Gasteiger partial charge in [0.15, 0.2) is 0 Å². The molecule has 1 fully saturated rings. The Kier molecular flexibility index (Phi) is 8.72. The topological polar surface area (TPSA) is 148 Å². The Morgan fingerprint density at radius 1 is 0.973 bits per heavy atom. The monoisotopic (exact) mass is 541 g/mol. The van der Waals surface area contributed by atoms with E-state index in [1.54, 1.807) is 0 Å². The average molecular weight is 542 g/mol. The van der Waals surface area contributed by atoms with Gasteiger partial charge in [-0.3, -0.25) is 9.59 Å². The lowest BCUT2D eigenvalue weighted by Crippen LogP contribution is -2.56. The standard InChI is InChI=1S/C26H31N5O4S2/c27-16-20-13-14-21(36-20)17-29-25(32)22-12-7-15-31(22)26(33)24(30-37(28,34)35)23(18-8-3-1-4-9-18)19-10-5-2-6-11-19/h1-6,8-11,13-14,22-24,30H,7,12,15-17,27H2,(H,29,32)(H2,28,34,35). The van der Waals surface area contributed by atoms with Crippen LogP contribution in [-0.2, 0) is 32.9 Å². The van der Waals surface area contributed by atoms with Gasteiger partial charge in [0.25, 0.3) is 10.2 Å². The number of amides is 2. The van der Waals surface area contributed by atoms with Crippen molar-refractivity contribution in [2.24, 2.45) is 10.9 Å². The molecule has 0 saturated carbocycles. The molecular formula is C26H31N5O4S2. The third-order valence-corrected chi connectivity index (χ3v) is 8.09. The van der Waals surface area contributed by atoms with Crippen molar-refractivity contribution in [1.82, 2.24) is 14.9 Å². The minimum absolute atomic E-state index is 0.279. The van der Waals surface area contributed by atoms with Gasteiger partial charge in [0.1, 0.15) is 12.1 Å². The van der Waals surface area contributed by atoms with Gasteiger partial charge in [-0.25, -0.2) is 5.14 Å². The van der Waals surface area contributed by atoms with Crippen molar-refractivity contribution in [3.8, 4) is 0 Å². The van der Waals surface area contributed by atoms with E-state index >= 15 is 0 Å². The number of hydrogen-bond acceptors (Lipinski definition) is 6. The molecule has 4 rings (SSSR count). The third kappa shape index (κ3) is 6.82. The van der Waals surface area contributed by atoms with Gasteiger partial charge in [-0.15, -0.1) is 11.3 Å². The molecule has 0 radical (unpaired) electrons. The molecular weight excluding hydrogens is 510 g/mol. The number of thiophene rings is 1. The van der Waals surface area contributed by atoms with E-state index in [1.807, 2.05) is 72.8 Å². The fourth-order valence-corrected chi connectivity index (χ4v) is 6.16. The van der Waals surface area contributed by atoms with Gasteiger partial charge >= 0.3 is 0 Å². The van der Waals surface area contributed by atoms with Crippen LogP contribution in [0.4, 0.5) is 0 Å². The first kappa shape index (κ1) is 27.0. The fraction of sp³-hybridized carbons (Fsp3) is 0.308. The smallest absolute Gasteiger partial charge is 0.275 e. The number of hydrogen-bond donors (Lipinski definition) is 4. The van der Waals surface area contributed by atoms with Crippen LogP contribution >= 0.6 is 11.3 Å². The van der Waals surface area contributed by atoms with E-state index in [4.69, 9.17) is 10.9 Å². The second kappa shape index (κ2) is 12.0. The average Bonchev–Trinajstić information content (AvgIpc) is 3.57. The van der Waals surface area contributed by atoms with Crippen molar-refractivity contribution >= 4 is 33.4 Å². The van der Waals surface area contributed by atoms with Crippen molar-refractivity contribution < 1.29 is 18.0 Å². The van der Waals surface area contributed by atoms with Gasteiger partial charge in [0.05, 0.1) is 6.54 Å². The molecule has 2 amide bonds. The van der Waals surface area contributed by atoms with Crippen LogP contribution in [0.25, 0.3) is 0 Å². The summed E-state index contributed by atoms with van der Waals surface area (Å²) < 4.78 is 26.9. The minimum Gasteiger partial charge on any atom is -0.349 e. The normalized spacial score (nSPS) is 16.6. The first-order valence-corrected chi connectivity index (χ1v) is 14.4. The van der Waals surface area contributed by atoms with Crippen molar-refractivity contribution in [2.75, 3.05) is 6.54 Å². The molecule has 196 valence electrons. The fourth-order valence-electron chi connectivity index (χ4n) is 4.74. The first-order valence-electron chi connectivity index (χ1n) is 12.0. The van der Waals surface area contributed by atoms with Crippen LogP contribution in [0.5, 0.6) is 0 Å². The number of likely N-dealkylation sites (tertiary alicyclic amines) is 1. The van der Waals surface area contributed by atoms with Crippen molar-refractivity contribution in [2.45, 2.75) is 43.9 Å². The Hall–Kier alpha value is -3.09. The van der Waals surface area contributed by atoms with Gasteiger partial charge in [0.2, 0.25) is 11.8 Å². The number of carbonyl (C=O) groups excluding carboxylic acids is 2. The summed E-state index contributed by atoms with van der Waals surface area (Å²) in [6.45, 7) is 1.11. The Labute approximate surface area is 221 Å². The maximum absolute atomic E-state index is 14.0. The predicted molar refractivity (Wildman–Crippen MR) is 144 cm³/mol. The SMILES string of the molecule is NCc1ccc(CNC(=O)C2CCCN2C(=O)C(NS(N)(=O)=O)C(c2ccccc2)c2ccccc2)s1. The Balaban J connectivity index is 1.61. The van der Waals surface area contributed by atoms with E-state index in [-0.39, 0.29) is 5.91 Å². The highest BCUT2D eigenvalue weighted by Crippen LogP contribution is 2.31. The van der Waals surface area contributed by atoms with Gasteiger partial charge < -0.3 is 16.0 Å². The number of benzene rings is 2. The quantitative estimate of drug-likeness (QED) is 0.309. The van der Waals surface area contributed by atoms with E-state index < -0.39 is 34.1 Å². The zero-order chi connectivity index (χ0) is 26.4. The molecule has 9 nitrogen and oxygen atoms in total. The van der Waals surface area contributed by atoms with Crippen LogP contribution in [-0.4, -0.2) is 43.8 Å². The Bertz CT molecular complexity index is 1280.